The summed E-state index contributed by atoms with van der Waals surface area (Å²) >= 11 is 1.32. The number of hydrogen-bond donors (Lipinski definition) is 1. The van der Waals surface area contributed by atoms with Crippen LogP contribution >= 0.6 is 11.5 Å². The van der Waals surface area contributed by atoms with Crippen LogP contribution in [0.4, 0.5) is 0 Å². The van der Waals surface area contributed by atoms with Crippen LogP contribution < -0.4 is 4.74 Å². The molecule has 2 aromatic heterocycles. The lowest BCUT2D eigenvalue weighted by Gasteiger charge is -2.24. The second-order valence-corrected chi connectivity index (χ2v) is 9.86. The van der Waals surface area contributed by atoms with Gasteiger partial charge in [0.1, 0.15) is 16.6 Å². The van der Waals surface area contributed by atoms with Crippen LogP contribution in [0, 0.1) is 11.3 Å². The molecule has 1 fully saturated rings. The maximum Gasteiger partial charge on any atom is 0.231 e. The maximum atomic E-state index is 12.5. The molecule has 0 bridgehead atoms. The highest BCUT2D eigenvalue weighted by molar-refractivity contribution is 7.09. The molecule has 1 aliphatic carbocycles. The number of nitriles is 1. The first-order valence-electron chi connectivity index (χ1n) is 11.4. The highest BCUT2D eigenvalue weighted by atomic mass is 32.1. The Morgan fingerprint density at radius 1 is 1.38 bits per heavy atom. The molecule has 34 heavy (non-hydrogen) atoms. The molecule has 1 aliphatic heterocycles. The number of aliphatic hydroxyl groups is 1. The SMILES string of the molecule is CC(C)Oc1ncc(-c2nsc(-c3cccc4c3CCC43CC(=O)N(CCO)C3)n2)cc1C#N. The van der Waals surface area contributed by atoms with Crippen LogP contribution in [-0.4, -0.2) is 56.1 Å². The van der Waals surface area contributed by atoms with Crippen LogP contribution in [0.3, 0.4) is 0 Å². The molecular weight excluding hydrogens is 450 g/mol. The van der Waals surface area contributed by atoms with E-state index < -0.39 is 0 Å². The Balaban J connectivity index is 1.46. The van der Waals surface area contributed by atoms with Crippen molar-refractivity contribution in [3.63, 3.8) is 0 Å². The van der Waals surface area contributed by atoms with Gasteiger partial charge in [-0.05, 0) is 55.4 Å². The number of aromatic nitrogens is 3. The van der Waals surface area contributed by atoms with Gasteiger partial charge >= 0.3 is 0 Å². The summed E-state index contributed by atoms with van der Waals surface area (Å²) in [5.74, 6) is 0.941. The first kappa shape index (κ1) is 22.4. The summed E-state index contributed by atoms with van der Waals surface area (Å²) in [5.41, 5.74) is 4.30. The molecule has 1 spiro atoms. The van der Waals surface area contributed by atoms with Gasteiger partial charge < -0.3 is 14.7 Å². The lowest BCUT2D eigenvalue weighted by Crippen LogP contribution is -2.32. The van der Waals surface area contributed by atoms with Gasteiger partial charge in [0.25, 0.3) is 0 Å². The number of fused-ring (bicyclic) bond motifs is 2. The number of hydrogen-bond acceptors (Lipinski definition) is 8. The summed E-state index contributed by atoms with van der Waals surface area (Å²) in [6.45, 7) is 4.79. The molecule has 2 aliphatic rings. The molecule has 3 heterocycles. The number of amides is 1. The quantitative estimate of drug-likeness (QED) is 0.582. The second kappa shape index (κ2) is 8.78. The zero-order valence-electron chi connectivity index (χ0n) is 19.1. The molecule has 1 atom stereocenters. The van der Waals surface area contributed by atoms with E-state index >= 15 is 0 Å². The summed E-state index contributed by atoms with van der Waals surface area (Å²) in [7, 11) is 0. The van der Waals surface area contributed by atoms with Crippen molar-refractivity contribution < 1.29 is 14.6 Å². The number of carbonyl (C=O) groups is 1. The highest BCUT2D eigenvalue weighted by Gasteiger charge is 2.48. The van der Waals surface area contributed by atoms with E-state index in [1.54, 1.807) is 17.2 Å². The zero-order chi connectivity index (χ0) is 23.9. The lowest BCUT2D eigenvalue weighted by molar-refractivity contribution is -0.128. The van der Waals surface area contributed by atoms with Gasteiger partial charge in [-0.1, -0.05) is 18.2 Å². The molecule has 0 saturated carbocycles. The summed E-state index contributed by atoms with van der Waals surface area (Å²) in [5, 5.41) is 19.6. The number of benzene rings is 1. The third-order valence-electron chi connectivity index (χ3n) is 6.54. The van der Waals surface area contributed by atoms with E-state index in [4.69, 9.17) is 9.72 Å². The average Bonchev–Trinajstić information content (AvgIpc) is 3.52. The Labute approximate surface area is 202 Å². The predicted molar refractivity (Wildman–Crippen MR) is 127 cm³/mol. The third kappa shape index (κ3) is 3.83. The largest absolute Gasteiger partial charge is 0.474 e. The molecule has 174 valence electrons. The second-order valence-electron chi connectivity index (χ2n) is 9.11. The van der Waals surface area contributed by atoms with Crippen molar-refractivity contribution in [2.24, 2.45) is 0 Å². The van der Waals surface area contributed by atoms with E-state index in [1.807, 2.05) is 19.9 Å². The van der Waals surface area contributed by atoms with E-state index in [-0.39, 0.29) is 24.0 Å². The molecule has 5 rings (SSSR count). The van der Waals surface area contributed by atoms with Crippen LogP contribution in [-0.2, 0) is 16.6 Å². The summed E-state index contributed by atoms with van der Waals surface area (Å²) in [4.78, 5) is 23.4. The van der Waals surface area contributed by atoms with Gasteiger partial charge in [0, 0.05) is 42.2 Å². The van der Waals surface area contributed by atoms with Gasteiger partial charge in [-0.25, -0.2) is 9.97 Å². The smallest absolute Gasteiger partial charge is 0.231 e. The first-order chi connectivity index (χ1) is 16.4. The minimum atomic E-state index is -0.191. The number of ether oxygens (including phenoxy) is 1. The van der Waals surface area contributed by atoms with Crippen LogP contribution in [0.2, 0.25) is 0 Å². The Morgan fingerprint density at radius 2 is 2.24 bits per heavy atom. The zero-order valence-corrected chi connectivity index (χ0v) is 19.9. The molecule has 1 saturated heterocycles. The fraction of sp³-hybridized carbons (Fsp3) is 0.400. The minimum Gasteiger partial charge on any atom is -0.474 e. The molecule has 1 aromatic carbocycles. The van der Waals surface area contributed by atoms with Crippen molar-refractivity contribution in [3.8, 4) is 33.9 Å². The number of β-amino-alcohol motifs (C(OH)–C–C–N with tert-alkyl or cyclic N) is 1. The molecule has 1 unspecified atom stereocenters. The van der Waals surface area contributed by atoms with Gasteiger partial charge in [0.2, 0.25) is 11.8 Å². The third-order valence-corrected chi connectivity index (χ3v) is 7.29. The molecule has 3 aromatic rings. The van der Waals surface area contributed by atoms with E-state index in [0.717, 1.165) is 23.4 Å². The average molecular weight is 476 g/mol. The van der Waals surface area contributed by atoms with Crippen LogP contribution in [0.1, 0.15) is 43.4 Å². The van der Waals surface area contributed by atoms with Gasteiger partial charge in [-0.2, -0.15) is 9.64 Å². The van der Waals surface area contributed by atoms with Crippen LogP contribution in [0.15, 0.2) is 30.5 Å². The Morgan fingerprint density at radius 3 is 3.00 bits per heavy atom. The topological polar surface area (TPSA) is 112 Å². The van der Waals surface area contributed by atoms with E-state index in [0.29, 0.717) is 42.3 Å². The minimum absolute atomic E-state index is 0.0186. The van der Waals surface area contributed by atoms with E-state index in [9.17, 15) is 15.2 Å². The van der Waals surface area contributed by atoms with Crippen molar-refractivity contribution >= 4 is 17.4 Å². The number of nitrogens with zero attached hydrogens (tertiary/aromatic N) is 5. The Hall–Kier alpha value is -3.35. The first-order valence-corrected chi connectivity index (χ1v) is 12.1. The van der Waals surface area contributed by atoms with Crippen LogP contribution in [0.5, 0.6) is 5.88 Å². The Kier molecular flexibility index (Phi) is 5.80. The van der Waals surface area contributed by atoms with Crippen molar-refractivity contribution in [1.29, 1.82) is 5.26 Å². The monoisotopic (exact) mass is 475 g/mol. The van der Waals surface area contributed by atoms with E-state index in [1.165, 1.54) is 22.7 Å². The Bertz CT molecular complexity index is 1300. The fourth-order valence-corrected chi connectivity index (χ4v) is 5.79. The standard InChI is InChI=1S/C25H25N5O3S/c1-15(2)33-23-16(12-26)10-17(13-27-23)22-28-24(34-29-22)19-4-3-5-20-18(19)6-7-25(20)11-21(32)30(14-25)8-9-31/h3-5,10,13,15,31H,6-9,11,14H2,1-2H3. The van der Waals surface area contributed by atoms with Gasteiger partial charge in [0.15, 0.2) is 5.82 Å². The van der Waals surface area contributed by atoms with Gasteiger partial charge in [0.05, 0.1) is 12.7 Å². The molecular formula is C25H25N5O3S. The number of aliphatic hydroxyl groups excluding tert-OH is 1. The number of likely N-dealkylation sites (tertiary alicyclic amines) is 1. The molecule has 1 amide bonds. The van der Waals surface area contributed by atoms with Crippen molar-refractivity contribution in [1.82, 2.24) is 19.2 Å². The van der Waals surface area contributed by atoms with Gasteiger partial charge in [-0.15, -0.1) is 0 Å². The number of pyridine rings is 1. The molecule has 0 radical (unpaired) electrons. The summed E-state index contributed by atoms with van der Waals surface area (Å²) < 4.78 is 10.2. The molecule has 9 heteroatoms. The fourth-order valence-electron chi connectivity index (χ4n) is 5.06. The van der Waals surface area contributed by atoms with Crippen molar-refractivity contribution in [2.75, 3.05) is 19.7 Å². The van der Waals surface area contributed by atoms with Crippen LogP contribution in [0.25, 0.3) is 22.0 Å². The molecule has 8 nitrogen and oxygen atoms in total. The van der Waals surface area contributed by atoms with Crippen molar-refractivity contribution in [3.05, 3.63) is 47.2 Å². The lowest BCUT2D eigenvalue weighted by atomic mass is 9.80. The van der Waals surface area contributed by atoms with Gasteiger partial charge in [-0.3, -0.25) is 4.79 Å². The number of rotatable bonds is 6. The van der Waals surface area contributed by atoms with Crippen molar-refractivity contribution in [2.45, 2.75) is 44.6 Å². The highest BCUT2D eigenvalue weighted by Crippen LogP contribution is 2.48. The maximum absolute atomic E-state index is 12.5. The van der Waals surface area contributed by atoms with E-state index in [2.05, 4.69) is 27.6 Å². The normalized spacial score (nSPS) is 19.1. The number of carbonyl (C=O) groups excluding carboxylic acids is 1. The summed E-state index contributed by atoms with van der Waals surface area (Å²) in [6.07, 6.45) is 3.82. The predicted octanol–water partition coefficient (Wildman–Crippen LogP) is 3.33. The molecule has 1 N–H and O–H groups in total. The summed E-state index contributed by atoms with van der Waals surface area (Å²) in [6, 6.07) is 10.1.